The molecule has 152 valence electrons. The average molecular weight is 402 g/mol. The Kier molecular flexibility index (Phi) is 4.54. The summed E-state index contributed by atoms with van der Waals surface area (Å²) in [6.07, 6.45) is 5.41. The number of nitrogens with one attached hydrogen (secondary N) is 1. The van der Waals surface area contributed by atoms with Crippen LogP contribution in [0, 0.1) is 5.92 Å². The van der Waals surface area contributed by atoms with Crippen LogP contribution in [0.4, 0.5) is 0 Å². The third-order valence-electron chi connectivity index (χ3n) is 6.09. The summed E-state index contributed by atoms with van der Waals surface area (Å²) in [6, 6.07) is 13.5. The van der Waals surface area contributed by atoms with Crippen LogP contribution in [0.5, 0.6) is 0 Å². The highest BCUT2D eigenvalue weighted by molar-refractivity contribution is 6.04. The third kappa shape index (κ3) is 3.14. The lowest BCUT2D eigenvalue weighted by atomic mass is 9.91. The van der Waals surface area contributed by atoms with Gasteiger partial charge >= 0.3 is 5.97 Å². The molecule has 6 heteroatoms. The number of aliphatic carboxylic acids is 1. The lowest BCUT2D eigenvalue weighted by molar-refractivity contribution is -0.141. The average Bonchev–Trinajstić information content (AvgIpc) is 3.45. The number of carboxylic acids is 1. The first-order chi connectivity index (χ1) is 14.6. The van der Waals surface area contributed by atoms with Gasteiger partial charge in [0.25, 0.3) is 0 Å². The van der Waals surface area contributed by atoms with Gasteiger partial charge in [0.1, 0.15) is 11.3 Å². The van der Waals surface area contributed by atoms with Gasteiger partial charge in [0, 0.05) is 46.5 Å². The van der Waals surface area contributed by atoms with E-state index >= 15 is 0 Å². The molecule has 1 atom stereocenters. The summed E-state index contributed by atoms with van der Waals surface area (Å²) in [7, 11) is 0. The molecule has 1 aliphatic rings. The molecule has 0 amide bonds. The molecule has 2 aromatic heterocycles. The number of aromatic nitrogens is 1. The van der Waals surface area contributed by atoms with Crippen LogP contribution in [0.15, 0.2) is 58.2 Å². The molecule has 0 fully saturated rings. The van der Waals surface area contributed by atoms with Crippen LogP contribution in [0.25, 0.3) is 21.9 Å². The van der Waals surface area contributed by atoms with E-state index < -0.39 is 11.9 Å². The number of rotatable bonds is 6. The number of aryl methyl sites for hydroxylation is 2. The Labute approximate surface area is 172 Å². The van der Waals surface area contributed by atoms with E-state index in [4.69, 9.17) is 4.42 Å². The largest absolute Gasteiger partial charge is 0.481 e. The molecule has 0 saturated heterocycles. The maximum absolute atomic E-state index is 12.0. The number of carbonyl (C=O) groups is 1. The number of hydrogen-bond donors (Lipinski definition) is 3. The zero-order valence-electron chi connectivity index (χ0n) is 16.4. The van der Waals surface area contributed by atoms with E-state index in [0.29, 0.717) is 17.7 Å². The molecule has 1 aliphatic carbocycles. The van der Waals surface area contributed by atoms with E-state index in [1.807, 2.05) is 48.7 Å². The zero-order valence-corrected chi connectivity index (χ0v) is 16.4. The number of benzene rings is 2. The Hall–Kier alpha value is -3.54. The number of oxime groups is 1. The molecule has 30 heavy (non-hydrogen) atoms. The summed E-state index contributed by atoms with van der Waals surface area (Å²) >= 11 is 0. The summed E-state index contributed by atoms with van der Waals surface area (Å²) in [5.74, 6) is -0.598. The van der Waals surface area contributed by atoms with Crippen molar-refractivity contribution in [1.82, 2.24) is 4.98 Å². The minimum Gasteiger partial charge on any atom is -0.481 e. The summed E-state index contributed by atoms with van der Waals surface area (Å²) in [6.45, 7) is 0. The Morgan fingerprint density at radius 1 is 1.17 bits per heavy atom. The van der Waals surface area contributed by atoms with Crippen LogP contribution in [0.2, 0.25) is 0 Å². The van der Waals surface area contributed by atoms with E-state index in [2.05, 4.69) is 10.1 Å². The second-order valence-electron chi connectivity index (χ2n) is 7.92. The van der Waals surface area contributed by atoms with E-state index in [1.165, 1.54) is 5.56 Å². The van der Waals surface area contributed by atoms with Crippen molar-refractivity contribution in [3.8, 4) is 0 Å². The Balaban J connectivity index is 1.42. The molecule has 6 nitrogen and oxygen atoms in total. The number of hydrogen-bond acceptors (Lipinski definition) is 4. The van der Waals surface area contributed by atoms with Gasteiger partial charge in [-0.2, -0.15) is 0 Å². The molecular weight excluding hydrogens is 380 g/mol. The van der Waals surface area contributed by atoms with E-state index in [0.717, 1.165) is 52.5 Å². The second kappa shape index (κ2) is 7.37. The molecule has 5 rings (SSSR count). The predicted octanol–water partition coefficient (Wildman–Crippen LogP) is 4.91. The highest BCUT2D eigenvalue weighted by Crippen LogP contribution is 2.33. The predicted molar refractivity (Wildman–Crippen MR) is 114 cm³/mol. The van der Waals surface area contributed by atoms with Crippen molar-refractivity contribution in [3.05, 3.63) is 71.1 Å². The minimum atomic E-state index is -0.917. The van der Waals surface area contributed by atoms with Gasteiger partial charge in [-0.25, -0.2) is 0 Å². The van der Waals surface area contributed by atoms with Crippen LogP contribution in [0.1, 0.15) is 35.3 Å². The Morgan fingerprint density at radius 2 is 2.03 bits per heavy atom. The lowest BCUT2D eigenvalue weighted by Crippen LogP contribution is -2.21. The first kappa shape index (κ1) is 18.5. The normalized spacial score (nSPS) is 15.0. The fourth-order valence-corrected chi connectivity index (χ4v) is 4.54. The van der Waals surface area contributed by atoms with E-state index in [9.17, 15) is 15.1 Å². The van der Waals surface area contributed by atoms with Gasteiger partial charge in [-0.3, -0.25) is 4.79 Å². The van der Waals surface area contributed by atoms with Gasteiger partial charge in [-0.1, -0.05) is 35.5 Å². The van der Waals surface area contributed by atoms with Gasteiger partial charge in [0.05, 0.1) is 11.6 Å². The topological polar surface area (TPSA) is 98.8 Å². The monoisotopic (exact) mass is 402 g/mol. The highest BCUT2D eigenvalue weighted by atomic mass is 16.4. The molecule has 0 bridgehead atoms. The van der Waals surface area contributed by atoms with Gasteiger partial charge < -0.3 is 19.7 Å². The van der Waals surface area contributed by atoms with Crippen molar-refractivity contribution >= 4 is 33.6 Å². The molecule has 4 aromatic rings. The highest BCUT2D eigenvalue weighted by Gasteiger charge is 2.24. The van der Waals surface area contributed by atoms with Crippen LogP contribution in [-0.4, -0.2) is 27.0 Å². The van der Waals surface area contributed by atoms with Gasteiger partial charge in [-0.05, 0) is 37.0 Å². The Bertz CT molecular complexity index is 1280. The van der Waals surface area contributed by atoms with E-state index in [1.54, 1.807) is 0 Å². The number of aromatic amines is 1. The first-order valence-electron chi connectivity index (χ1n) is 10.2. The maximum atomic E-state index is 12.0. The number of fused-ring (bicyclic) bond motifs is 4. The standard InChI is InChI=1S/C24H22N2O4/c27-24(28)15(10-16-13-25-20-6-2-1-4-17(16)20)11-21(26-29)14-8-9-19-18-5-3-7-22(18)30-23(19)12-14/h1-2,4,6,8-9,12-13,15,25,29H,3,5,7,10-11H2,(H,27,28)/t15-/m0/s1. The molecule has 0 aliphatic heterocycles. The number of carboxylic acid groups (broad SMARTS) is 1. The number of H-pyrrole nitrogens is 1. The first-order valence-corrected chi connectivity index (χ1v) is 10.2. The van der Waals surface area contributed by atoms with Crippen LogP contribution >= 0.6 is 0 Å². The fourth-order valence-electron chi connectivity index (χ4n) is 4.54. The van der Waals surface area contributed by atoms with Crippen molar-refractivity contribution < 1.29 is 19.5 Å². The van der Waals surface area contributed by atoms with Crippen molar-refractivity contribution in [2.24, 2.45) is 11.1 Å². The Morgan fingerprint density at radius 3 is 2.87 bits per heavy atom. The number of para-hydroxylation sites is 1. The van der Waals surface area contributed by atoms with Crippen LogP contribution < -0.4 is 0 Å². The summed E-state index contributed by atoms with van der Waals surface area (Å²) in [5, 5.41) is 25.0. The third-order valence-corrected chi connectivity index (χ3v) is 6.09. The van der Waals surface area contributed by atoms with Crippen molar-refractivity contribution in [1.29, 1.82) is 0 Å². The van der Waals surface area contributed by atoms with Gasteiger partial charge in [0.15, 0.2) is 0 Å². The molecule has 2 aromatic carbocycles. The lowest BCUT2D eigenvalue weighted by Gasteiger charge is -2.13. The van der Waals surface area contributed by atoms with Gasteiger partial charge in [-0.15, -0.1) is 0 Å². The summed E-state index contributed by atoms with van der Waals surface area (Å²) < 4.78 is 5.97. The zero-order chi connectivity index (χ0) is 20.7. The molecule has 0 unspecified atom stereocenters. The van der Waals surface area contributed by atoms with Crippen molar-refractivity contribution in [2.45, 2.75) is 32.1 Å². The molecule has 0 saturated carbocycles. The van der Waals surface area contributed by atoms with Crippen LogP contribution in [0.3, 0.4) is 0 Å². The summed E-state index contributed by atoms with van der Waals surface area (Å²) in [5.41, 5.74) is 4.98. The number of nitrogens with zero attached hydrogens (tertiary/aromatic N) is 1. The minimum absolute atomic E-state index is 0.122. The van der Waals surface area contributed by atoms with Gasteiger partial charge in [0.2, 0.25) is 0 Å². The quantitative estimate of drug-likeness (QED) is 0.242. The molecule has 0 radical (unpaired) electrons. The molecule has 2 heterocycles. The van der Waals surface area contributed by atoms with E-state index in [-0.39, 0.29) is 6.42 Å². The maximum Gasteiger partial charge on any atom is 0.307 e. The molecule has 3 N–H and O–H groups in total. The molecular formula is C24H22N2O4. The summed E-state index contributed by atoms with van der Waals surface area (Å²) in [4.78, 5) is 15.2. The van der Waals surface area contributed by atoms with Crippen molar-refractivity contribution in [2.75, 3.05) is 0 Å². The smallest absolute Gasteiger partial charge is 0.307 e. The SMILES string of the molecule is O=C(O)[C@H](CC(=NO)c1ccc2c3c(oc2c1)CCC3)Cc1c[nH]c2ccccc12. The molecule has 0 spiro atoms. The number of furan rings is 1. The van der Waals surface area contributed by atoms with Crippen molar-refractivity contribution in [3.63, 3.8) is 0 Å². The second-order valence-corrected chi connectivity index (χ2v) is 7.92. The fraction of sp³-hybridized carbons (Fsp3) is 0.250. The van der Waals surface area contributed by atoms with Crippen LogP contribution in [-0.2, 0) is 24.1 Å².